The fourth-order valence-electron chi connectivity index (χ4n) is 1.49. The van der Waals surface area contributed by atoms with Gasteiger partial charge in [0.15, 0.2) is 10.7 Å². The summed E-state index contributed by atoms with van der Waals surface area (Å²) >= 11 is 5.91. The normalized spacial score (nSPS) is 10.8. The van der Waals surface area contributed by atoms with Gasteiger partial charge in [-0.05, 0) is 35.9 Å². The number of benzene rings is 2. The predicted molar refractivity (Wildman–Crippen MR) is 65.4 cm³/mol. The van der Waals surface area contributed by atoms with Crippen LogP contribution < -0.4 is 0 Å². The first kappa shape index (κ1) is 12.1. The number of rotatable bonds is 2. The van der Waals surface area contributed by atoms with Gasteiger partial charge >= 0.3 is 0 Å². The van der Waals surface area contributed by atoms with Gasteiger partial charge in [0.25, 0.3) is 0 Å². The summed E-state index contributed by atoms with van der Waals surface area (Å²) in [7, 11) is -2.58. The van der Waals surface area contributed by atoms with Crippen LogP contribution in [0.15, 0.2) is 47.4 Å². The van der Waals surface area contributed by atoms with Crippen LogP contribution in [-0.4, -0.2) is 8.42 Å². The Balaban J connectivity index is 2.46. The monoisotopic (exact) mass is 270 g/mol. The van der Waals surface area contributed by atoms with Gasteiger partial charge in [0.1, 0.15) is 5.82 Å². The van der Waals surface area contributed by atoms with Crippen molar-refractivity contribution in [2.45, 2.75) is 4.90 Å². The van der Waals surface area contributed by atoms with E-state index in [1.807, 2.05) is 0 Å². The van der Waals surface area contributed by atoms with Crippen molar-refractivity contribution in [2.24, 2.45) is 0 Å². The average Bonchev–Trinajstić information content (AvgIpc) is 2.29. The Morgan fingerprint density at radius 3 is 2.18 bits per heavy atom. The van der Waals surface area contributed by atoms with Crippen molar-refractivity contribution in [3.8, 4) is 11.1 Å². The molecule has 0 aliphatic heterocycles. The second-order valence-electron chi connectivity index (χ2n) is 3.43. The van der Waals surface area contributed by atoms with Crippen LogP contribution in [0.1, 0.15) is 0 Å². The molecular formula is C12H8ClFO2S. The summed E-state index contributed by atoms with van der Waals surface area (Å²) in [5.74, 6) is -0.405. The first-order valence-electron chi connectivity index (χ1n) is 4.78. The topological polar surface area (TPSA) is 34.1 Å². The van der Waals surface area contributed by atoms with Crippen molar-refractivity contribution in [1.82, 2.24) is 0 Å². The molecule has 0 spiro atoms. The number of thiol groups is 1. The zero-order valence-electron chi connectivity index (χ0n) is 8.56. The van der Waals surface area contributed by atoms with E-state index in [9.17, 15) is 12.8 Å². The van der Waals surface area contributed by atoms with Crippen LogP contribution in [0.2, 0.25) is 5.02 Å². The second kappa shape index (κ2) is 4.85. The summed E-state index contributed by atoms with van der Waals surface area (Å²) < 4.78 is 34.3. The lowest BCUT2D eigenvalue weighted by molar-refractivity contribution is 0.614. The minimum Gasteiger partial charge on any atom is -0.227 e. The van der Waals surface area contributed by atoms with E-state index in [1.54, 1.807) is 18.2 Å². The smallest absolute Gasteiger partial charge is 0.168 e. The fourth-order valence-corrected chi connectivity index (χ4v) is 2.16. The van der Waals surface area contributed by atoms with Crippen LogP contribution in [-0.2, 0) is 10.7 Å². The maximum atomic E-state index is 12.9. The summed E-state index contributed by atoms with van der Waals surface area (Å²) in [6.07, 6.45) is 0. The fraction of sp³-hybridized carbons (Fsp3) is 0. The van der Waals surface area contributed by atoms with Crippen molar-refractivity contribution in [2.75, 3.05) is 0 Å². The van der Waals surface area contributed by atoms with Crippen molar-refractivity contribution in [3.05, 3.63) is 53.3 Å². The molecule has 0 N–H and O–H groups in total. The second-order valence-corrected chi connectivity index (χ2v) is 4.87. The molecule has 0 aliphatic rings. The molecule has 2 aromatic rings. The molecule has 2 aromatic carbocycles. The standard InChI is InChI=1S/C12H8ClFO2S/c13-12-7-9(14)3-6-11(12)8-1-4-10(5-2-8)17(15)16/h1-7,17H. The molecule has 2 rings (SSSR count). The third-order valence-electron chi connectivity index (χ3n) is 2.32. The molecule has 0 heterocycles. The highest BCUT2D eigenvalue weighted by atomic mass is 35.5. The lowest BCUT2D eigenvalue weighted by Gasteiger charge is -2.04. The predicted octanol–water partition coefficient (Wildman–Crippen LogP) is 3.12. The maximum absolute atomic E-state index is 12.9. The lowest BCUT2D eigenvalue weighted by Crippen LogP contribution is -1.84. The van der Waals surface area contributed by atoms with Crippen LogP contribution in [0.3, 0.4) is 0 Å². The van der Waals surface area contributed by atoms with Gasteiger partial charge in [-0.3, -0.25) is 0 Å². The number of hydrogen-bond acceptors (Lipinski definition) is 2. The van der Waals surface area contributed by atoms with E-state index in [4.69, 9.17) is 11.6 Å². The SMILES string of the molecule is O=[SH](=O)c1ccc(-c2ccc(F)cc2Cl)cc1. The molecule has 0 bridgehead atoms. The number of hydrogen-bond donors (Lipinski definition) is 1. The highest BCUT2D eigenvalue weighted by molar-refractivity contribution is 7.72. The van der Waals surface area contributed by atoms with Crippen molar-refractivity contribution in [3.63, 3.8) is 0 Å². The van der Waals surface area contributed by atoms with Gasteiger partial charge in [-0.1, -0.05) is 23.7 Å². The number of halogens is 2. The van der Waals surface area contributed by atoms with Gasteiger partial charge in [0, 0.05) is 5.56 Å². The van der Waals surface area contributed by atoms with Gasteiger partial charge in [-0.15, -0.1) is 0 Å². The Labute approximate surface area is 105 Å². The minimum absolute atomic E-state index is 0.238. The molecule has 0 unspecified atom stereocenters. The first-order chi connectivity index (χ1) is 8.08. The summed E-state index contributed by atoms with van der Waals surface area (Å²) in [6.45, 7) is 0. The van der Waals surface area contributed by atoms with Crippen LogP contribution in [0, 0.1) is 5.82 Å². The molecule has 0 amide bonds. The Hall–Kier alpha value is -1.39. The molecule has 0 radical (unpaired) electrons. The van der Waals surface area contributed by atoms with E-state index in [2.05, 4.69) is 0 Å². The molecule has 0 aromatic heterocycles. The third-order valence-corrected chi connectivity index (χ3v) is 3.35. The molecule has 88 valence electrons. The van der Waals surface area contributed by atoms with E-state index < -0.39 is 16.5 Å². The molecule has 0 saturated heterocycles. The Bertz CT molecular complexity index is 613. The van der Waals surface area contributed by atoms with Gasteiger partial charge in [0.2, 0.25) is 0 Å². The average molecular weight is 271 g/mol. The van der Waals surface area contributed by atoms with Crippen molar-refractivity contribution in [1.29, 1.82) is 0 Å². The van der Waals surface area contributed by atoms with Crippen molar-refractivity contribution >= 4 is 22.3 Å². The maximum Gasteiger partial charge on any atom is 0.168 e. The first-order valence-corrected chi connectivity index (χ1v) is 6.33. The molecule has 0 atom stereocenters. The van der Waals surface area contributed by atoms with E-state index in [0.717, 1.165) is 5.56 Å². The van der Waals surface area contributed by atoms with E-state index in [-0.39, 0.29) is 4.90 Å². The summed E-state index contributed by atoms with van der Waals surface area (Å²) in [6, 6.07) is 10.3. The largest absolute Gasteiger partial charge is 0.227 e. The zero-order valence-corrected chi connectivity index (χ0v) is 10.2. The Kier molecular flexibility index (Phi) is 3.45. The zero-order chi connectivity index (χ0) is 12.4. The molecule has 0 fully saturated rings. The molecule has 2 nitrogen and oxygen atoms in total. The molecule has 0 saturated carbocycles. The van der Waals surface area contributed by atoms with Crippen LogP contribution in [0.5, 0.6) is 0 Å². The van der Waals surface area contributed by atoms with Crippen LogP contribution >= 0.6 is 11.6 Å². The van der Waals surface area contributed by atoms with E-state index in [0.29, 0.717) is 10.6 Å². The Morgan fingerprint density at radius 2 is 1.65 bits per heavy atom. The molecule has 17 heavy (non-hydrogen) atoms. The highest BCUT2D eigenvalue weighted by Crippen LogP contribution is 2.28. The van der Waals surface area contributed by atoms with Crippen LogP contribution in [0.25, 0.3) is 11.1 Å². The van der Waals surface area contributed by atoms with Gasteiger partial charge in [0.05, 0.1) is 9.92 Å². The molecule has 0 aliphatic carbocycles. The Morgan fingerprint density at radius 1 is 1.00 bits per heavy atom. The van der Waals surface area contributed by atoms with Gasteiger partial charge in [-0.25, -0.2) is 12.8 Å². The van der Waals surface area contributed by atoms with Gasteiger partial charge in [-0.2, -0.15) is 0 Å². The molecule has 5 heteroatoms. The van der Waals surface area contributed by atoms with Gasteiger partial charge < -0.3 is 0 Å². The summed E-state index contributed by atoms with van der Waals surface area (Å²) in [4.78, 5) is 0.238. The van der Waals surface area contributed by atoms with E-state index in [1.165, 1.54) is 24.3 Å². The van der Waals surface area contributed by atoms with Crippen molar-refractivity contribution < 1.29 is 12.8 Å². The minimum atomic E-state index is -2.58. The quantitative estimate of drug-likeness (QED) is 0.851. The third kappa shape index (κ3) is 2.65. The molecular weight excluding hydrogens is 263 g/mol. The van der Waals surface area contributed by atoms with E-state index >= 15 is 0 Å². The van der Waals surface area contributed by atoms with Crippen LogP contribution in [0.4, 0.5) is 4.39 Å². The lowest BCUT2D eigenvalue weighted by atomic mass is 10.1. The summed E-state index contributed by atoms with van der Waals surface area (Å²) in [5, 5.41) is 0.296. The highest BCUT2D eigenvalue weighted by Gasteiger charge is 2.05. The summed E-state index contributed by atoms with van der Waals surface area (Å²) in [5.41, 5.74) is 1.41.